The second-order valence-electron chi connectivity index (χ2n) is 7.58. The maximum absolute atomic E-state index is 13.4. The van der Waals surface area contributed by atoms with Gasteiger partial charge in [0, 0.05) is 36.1 Å². The number of carbonyl (C=O) groups is 2. The van der Waals surface area contributed by atoms with E-state index in [0.717, 1.165) is 4.31 Å². The lowest BCUT2D eigenvalue weighted by atomic mass is 10.2. The molecular weight excluding hydrogens is 494 g/mol. The molecular formula is C23H20ClN5O5S. The SMILES string of the molecule is CNC(=O)c1ccnc(-n2ccc3cc(N(CC(=O)O)S(=O)(=O)c4cc(C)nc(Cl)c4)ccc32)c1. The molecule has 0 fully saturated rings. The van der Waals surface area contributed by atoms with Crippen LogP contribution in [0.25, 0.3) is 16.7 Å². The van der Waals surface area contributed by atoms with Gasteiger partial charge in [-0.1, -0.05) is 11.6 Å². The Morgan fingerprint density at radius 3 is 2.60 bits per heavy atom. The summed E-state index contributed by atoms with van der Waals surface area (Å²) in [5.41, 5.74) is 1.66. The first kappa shape index (κ1) is 24.2. The average molecular weight is 514 g/mol. The normalized spacial score (nSPS) is 11.4. The number of carboxylic acids is 1. The number of nitrogens with zero attached hydrogens (tertiary/aromatic N) is 4. The van der Waals surface area contributed by atoms with Gasteiger partial charge in [-0.3, -0.25) is 13.9 Å². The molecule has 4 aromatic rings. The van der Waals surface area contributed by atoms with Crippen LogP contribution in [-0.4, -0.2) is 53.5 Å². The number of hydrogen-bond donors (Lipinski definition) is 2. The highest BCUT2D eigenvalue weighted by Gasteiger charge is 2.28. The fraction of sp³-hybridized carbons (Fsp3) is 0.130. The van der Waals surface area contributed by atoms with E-state index in [-0.39, 0.29) is 21.6 Å². The van der Waals surface area contributed by atoms with Crippen LogP contribution in [0.3, 0.4) is 0 Å². The van der Waals surface area contributed by atoms with Crippen LogP contribution in [0.2, 0.25) is 5.15 Å². The van der Waals surface area contributed by atoms with Gasteiger partial charge in [0.25, 0.3) is 15.9 Å². The molecule has 0 radical (unpaired) electrons. The molecule has 0 aliphatic heterocycles. The first-order chi connectivity index (χ1) is 16.6. The summed E-state index contributed by atoms with van der Waals surface area (Å²) in [7, 11) is -2.73. The Morgan fingerprint density at radius 1 is 1.14 bits per heavy atom. The van der Waals surface area contributed by atoms with Gasteiger partial charge in [-0.05, 0) is 55.5 Å². The molecule has 0 saturated heterocycles. The molecule has 0 atom stereocenters. The zero-order valence-corrected chi connectivity index (χ0v) is 20.2. The number of sulfonamides is 1. The first-order valence-electron chi connectivity index (χ1n) is 10.3. The molecule has 1 amide bonds. The zero-order valence-electron chi connectivity index (χ0n) is 18.6. The van der Waals surface area contributed by atoms with Crippen LogP contribution in [0.4, 0.5) is 5.69 Å². The van der Waals surface area contributed by atoms with Crippen LogP contribution in [0.15, 0.2) is 65.8 Å². The van der Waals surface area contributed by atoms with Gasteiger partial charge in [-0.2, -0.15) is 0 Å². The molecule has 0 saturated carbocycles. The maximum atomic E-state index is 13.4. The van der Waals surface area contributed by atoms with Crippen molar-refractivity contribution in [2.24, 2.45) is 0 Å². The molecule has 4 rings (SSSR count). The molecule has 3 aromatic heterocycles. The quantitative estimate of drug-likeness (QED) is 0.363. The fourth-order valence-corrected chi connectivity index (χ4v) is 5.45. The van der Waals surface area contributed by atoms with Gasteiger partial charge in [-0.15, -0.1) is 0 Å². The molecule has 180 valence electrons. The molecule has 10 nitrogen and oxygen atoms in total. The van der Waals surface area contributed by atoms with E-state index in [2.05, 4.69) is 15.3 Å². The van der Waals surface area contributed by atoms with E-state index in [1.54, 1.807) is 48.0 Å². The molecule has 0 bridgehead atoms. The van der Waals surface area contributed by atoms with Crippen LogP contribution < -0.4 is 9.62 Å². The summed E-state index contributed by atoms with van der Waals surface area (Å²) in [5.74, 6) is -1.09. The van der Waals surface area contributed by atoms with Gasteiger partial charge in [0.05, 0.1) is 16.1 Å². The van der Waals surface area contributed by atoms with Crippen LogP contribution >= 0.6 is 11.6 Å². The Kier molecular flexibility index (Phi) is 6.46. The number of carboxylic acid groups (broad SMARTS) is 1. The number of anilines is 1. The van der Waals surface area contributed by atoms with E-state index in [0.29, 0.717) is 28.0 Å². The Balaban J connectivity index is 1.79. The third-order valence-corrected chi connectivity index (χ3v) is 7.15. The number of hydrogen-bond acceptors (Lipinski definition) is 6. The number of aromatic nitrogens is 3. The number of fused-ring (bicyclic) bond motifs is 1. The van der Waals surface area contributed by atoms with Crippen molar-refractivity contribution in [3.05, 3.63) is 77.3 Å². The highest BCUT2D eigenvalue weighted by atomic mass is 35.5. The number of aryl methyl sites for hydroxylation is 1. The smallest absolute Gasteiger partial charge is 0.324 e. The predicted octanol–water partition coefficient (Wildman–Crippen LogP) is 3.02. The highest BCUT2D eigenvalue weighted by molar-refractivity contribution is 7.92. The second kappa shape index (κ2) is 9.35. The van der Waals surface area contributed by atoms with E-state index in [4.69, 9.17) is 11.6 Å². The molecule has 1 aromatic carbocycles. The van der Waals surface area contributed by atoms with Crippen LogP contribution in [0.1, 0.15) is 16.1 Å². The van der Waals surface area contributed by atoms with Crippen LogP contribution in [0, 0.1) is 6.92 Å². The van der Waals surface area contributed by atoms with Crippen LogP contribution in [0.5, 0.6) is 0 Å². The lowest BCUT2D eigenvalue weighted by Gasteiger charge is -2.23. The molecule has 0 spiro atoms. The number of nitrogens with one attached hydrogen (secondary N) is 1. The topological polar surface area (TPSA) is 134 Å². The van der Waals surface area contributed by atoms with Gasteiger partial charge in [0.1, 0.15) is 17.5 Å². The number of rotatable bonds is 7. The third kappa shape index (κ3) is 4.81. The summed E-state index contributed by atoms with van der Waals surface area (Å²) in [6, 6.07) is 12.2. The summed E-state index contributed by atoms with van der Waals surface area (Å²) in [6.07, 6.45) is 3.25. The van der Waals surface area contributed by atoms with E-state index in [1.165, 1.54) is 31.4 Å². The largest absolute Gasteiger partial charge is 0.480 e. The van der Waals surface area contributed by atoms with Crippen molar-refractivity contribution in [3.63, 3.8) is 0 Å². The van der Waals surface area contributed by atoms with Crippen molar-refractivity contribution in [1.82, 2.24) is 19.9 Å². The molecule has 12 heteroatoms. The van der Waals surface area contributed by atoms with Crippen molar-refractivity contribution in [2.75, 3.05) is 17.9 Å². The van der Waals surface area contributed by atoms with Gasteiger partial charge in [0.2, 0.25) is 0 Å². The minimum absolute atomic E-state index is 0.0159. The maximum Gasteiger partial charge on any atom is 0.324 e. The summed E-state index contributed by atoms with van der Waals surface area (Å²) < 4.78 is 29.3. The minimum Gasteiger partial charge on any atom is -0.480 e. The van der Waals surface area contributed by atoms with E-state index in [9.17, 15) is 23.1 Å². The second-order valence-corrected chi connectivity index (χ2v) is 9.83. The number of amides is 1. The Labute approximate surface area is 205 Å². The number of halogens is 1. The van der Waals surface area contributed by atoms with Crippen molar-refractivity contribution in [3.8, 4) is 5.82 Å². The number of carbonyl (C=O) groups excluding carboxylic acids is 1. The summed E-state index contributed by atoms with van der Waals surface area (Å²) in [5, 5.41) is 12.6. The Morgan fingerprint density at radius 2 is 1.91 bits per heavy atom. The zero-order chi connectivity index (χ0) is 25.3. The van der Waals surface area contributed by atoms with Gasteiger partial charge >= 0.3 is 5.97 Å². The average Bonchev–Trinajstić information content (AvgIpc) is 3.24. The molecule has 35 heavy (non-hydrogen) atoms. The predicted molar refractivity (Wildman–Crippen MR) is 131 cm³/mol. The Bertz CT molecular complexity index is 1550. The van der Waals surface area contributed by atoms with Crippen molar-refractivity contribution in [1.29, 1.82) is 0 Å². The highest BCUT2D eigenvalue weighted by Crippen LogP contribution is 2.30. The molecule has 2 N–H and O–H groups in total. The number of benzene rings is 1. The van der Waals surface area contributed by atoms with Crippen molar-refractivity contribution in [2.45, 2.75) is 11.8 Å². The summed E-state index contributed by atoms with van der Waals surface area (Å²) >= 11 is 5.95. The van der Waals surface area contributed by atoms with Gasteiger partial charge in [0.15, 0.2) is 0 Å². The molecule has 0 aliphatic rings. The fourth-order valence-electron chi connectivity index (χ4n) is 3.63. The first-order valence-corrected chi connectivity index (χ1v) is 12.1. The summed E-state index contributed by atoms with van der Waals surface area (Å²) in [4.78, 5) is 31.7. The third-order valence-electron chi connectivity index (χ3n) is 5.21. The van der Waals surface area contributed by atoms with Gasteiger partial charge < -0.3 is 15.0 Å². The lowest BCUT2D eigenvalue weighted by molar-refractivity contribution is -0.135. The standard InChI is InChI=1S/C23H20ClN5O5S/c1-14-9-18(12-20(24)27-14)35(33,34)29(13-22(30)31)17-3-4-19-15(10-17)6-8-28(19)21-11-16(5-7-26-21)23(32)25-2/h3-12H,13H2,1-2H3,(H,25,32)(H,30,31). The molecule has 0 aliphatic carbocycles. The van der Waals surface area contributed by atoms with Crippen molar-refractivity contribution >= 4 is 50.1 Å². The van der Waals surface area contributed by atoms with Crippen molar-refractivity contribution < 1.29 is 23.1 Å². The van der Waals surface area contributed by atoms with E-state index < -0.39 is 22.5 Å². The number of aliphatic carboxylic acids is 1. The lowest BCUT2D eigenvalue weighted by Crippen LogP contribution is -2.35. The molecule has 0 unspecified atom stereocenters. The number of pyridine rings is 2. The minimum atomic E-state index is -4.26. The van der Waals surface area contributed by atoms with Crippen LogP contribution in [-0.2, 0) is 14.8 Å². The van der Waals surface area contributed by atoms with Gasteiger partial charge in [-0.25, -0.2) is 18.4 Å². The van der Waals surface area contributed by atoms with E-state index in [1.807, 2.05) is 0 Å². The molecule has 3 heterocycles. The monoisotopic (exact) mass is 513 g/mol. The van der Waals surface area contributed by atoms with E-state index >= 15 is 0 Å². The Hall–Kier alpha value is -3.96. The summed E-state index contributed by atoms with van der Waals surface area (Å²) in [6.45, 7) is 0.803.